The van der Waals surface area contributed by atoms with Crippen LogP contribution in [-0.4, -0.2) is 23.2 Å². The standard InChI is InChI=1S/C15H13N3O2S2/c1-9-7-11(8-21-9)13(19)16-15-18-17-14(22-15)10-3-5-12(20-2)6-4-10/h3-8H,1-2H3,(H,16,18,19). The Morgan fingerprint density at radius 2 is 2.00 bits per heavy atom. The number of hydrogen-bond acceptors (Lipinski definition) is 6. The molecule has 2 aromatic heterocycles. The quantitative estimate of drug-likeness (QED) is 0.789. The minimum atomic E-state index is -0.165. The van der Waals surface area contributed by atoms with Crippen molar-refractivity contribution in [2.75, 3.05) is 12.4 Å². The van der Waals surface area contributed by atoms with E-state index < -0.39 is 0 Å². The van der Waals surface area contributed by atoms with Crippen LogP contribution in [0.1, 0.15) is 15.2 Å². The zero-order valence-electron chi connectivity index (χ0n) is 12.0. The molecule has 112 valence electrons. The third kappa shape index (κ3) is 3.15. The maximum absolute atomic E-state index is 12.1. The van der Waals surface area contributed by atoms with Crippen molar-refractivity contribution in [2.24, 2.45) is 0 Å². The highest BCUT2D eigenvalue weighted by Gasteiger charge is 2.12. The van der Waals surface area contributed by atoms with Gasteiger partial charge in [0.25, 0.3) is 5.91 Å². The van der Waals surface area contributed by atoms with E-state index in [1.807, 2.05) is 42.6 Å². The van der Waals surface area contributed by atoms with Crippen LogP contribution in [-0.2, 0) is 0 Å². The molecule has 0 aliphatic heterocycles. The van der Waals surface area contributed by atoms with E-state index in [0.29, 0.717) is 10.7 Å². The van der Waals surface area contributed by atoms with Crippen LogP contribution in [0.4, 0.5) is 5.13 Å². The number of amides is 1. The van der Waals surface area contributed by atoms with Gasteiger partial charge in [0.05, 0.1) is 12.7 Å². The molecule has 7 heteroatoms. The van der Waals surface area contributed by atoms with Gasteiger partial charge in [0.2, 0.25) is 5.13 Å². The number of ether oxygens (including phenoxy) is 1. The number of aryl methyl sites for hydroxylation is 1. The number of nitrogens with one attached hydrogen (secondary N) is 1. The van der Waals surface area contributed by atoms with Gasteiger partial charge in [-0.15, -0.1) is 21.5 Å². The van der Waals surface area contributed by atoms with Gasteiger partial charge in [-0.05, 0) is 37.3 Å². The summed E-state index contributed by atoms with van der Waals surface area (Å²) in [6.07, 6.45) is 0. The van der Waals surface area contributed by atoms with Gasteiger partial charge in [-0.25, -0.2) is 0 Å². The number of methoxy groups -OCH3 is 1. The van der Waals surface area contributed by atoms with E-state index in [4.69, 9.17) is 4.74 Å². The van der Waals surface area contributed by atoms with Gasteiger partial charge in [0, 0.05) is 15.8 Å². The number of benzene rings is 1. The lowest BCUT2D eigenvalue weighted by atomic mass is 10.2. The van der Waals surface area contributed by atoms with Gasteiger partial charge in [0.1, 0.15) is 10.8 Å². The molecule has 0 unspecified atom stereocenters. The fraction of sp³-hybridized carbons (Fsp3) is 0.133. The van der Waals surface area contributed by atoms with Crippen LogP contribution in [0, 0.1) is 6.92 Å². The first-order chi connectivity index (χ1) is 10.7. The third-order valence-corrected chi connectivity index (χ3v) is 4.72. The summed E-state index contributed by atoms with van der Waals surface area (Å²) in [4.78, 5) is 13.2. The monoisotopic (exact) mass is 331 g/mol. The Hall–Kier alpha value is -2.25. The molecule has 0 radical (unpaired) electrons. The Morgan fingerprint density at radius 1 is 1.23 bits per heavy atom. The molecule has 0 aliphatic carbocycles. The SMILES string of the molecule is COc1ccc(-c2nnc(NC(=O)c3csc(C)c3)s2)cc1. The molecule has 2 heterocycles. The maximum atomic E-state index is 12.1. The summed E-state index contributed by atoms with van der Waals surface area (Å²) in [7, 11) is 1.62. The van der Waals surface area contributed by atoms with Gasteiger partial charge in [-0.2, -0.15) is 0 Å². The summed E-state index contributed by atoms with van der Waals surface area (Å²) in [5, 5.41) is 14.0. The van der Waals surface area contributed by atoms with E-state index in [0.717, 1.165) is 21.2 Å². The molecule has 3 rings (SSSR count). The van der Waals surface area contributed by atoms with Crippen molar-refractivity contribution in [3.8, 4) is 16.3 Å². The Balaban J connectivity index is 1.74. The maximum Gasteiger partial charge on any atom is 0.258 e. The molecular formula is C15H13N3O2S2. The summed E-state index contributed by atoms with van der Waals surface area (Å²) < 4.78 is 5.13. The lowest BCUT2D eigenvalue weighted by Crippen LogP contribution is -2.10. The number of thiophene rings is 1. The number of rotatable bonds is 4. The second-order valence-corrected chi connectivity index (χ2v) is 6.63. The first kappa shape index (κ1) is 14.7. The van der Waals surface area contributed by atoms with Gasteiger partial charge in [-0.1, -0.05) is 11.3 Å². The fourth-order valence-electron chi connectivity index (χ4n) is 1.86. The average molecular weight is 331 g/mol. The van der Waals surface area contributed by atoms with Crippen LogP contribution in [0.3, 0.4) is 0 Å². The number of anilines is 1. The van der Waals surface area contributed by atoms with Crippen LogP contribution < -0.4 is 10.1 Å². The molecule has 1 amide bonds. The van der Waals surface area contributed by atoms with E-state index in [2.05, 4.69) is 15.5 Å². The fourth-order valence-corrected chi connectivity index (χ4v) is 3.28. The lowest BCUT2D eigenvalue weighted by Gasteiger charge is -1.99. The van der Waals surface area contributed by atoms with Crippen molar-refractivity contribution in [1.29, 1.82) is 0 Å². The molecule has 0 spiro atoms. The molecule has 5 nitrogen and oxygen atoms in total. The molecule has 0 aliphatic rings. The first-order valence-corrected chi connectivity index (χ1v) is 8.20. The molecule has 22 heavy (non-hydrogen) atoms. The molecule has 1 N–H and O–H groups in total. The van der Waals surface area contributed by atoms with Gasteiger partial charge < -0.3 is 4.74 Å². The average Bonchev–Trinajstić information content (AvgIpc) is 3.16. The Labute approximate surface area is 135 Å². The summed E-state index contributed by atoms with van der Waals surface area (Å²) in [5.41, 5.74) is 1.58. The van der Waals surface area contributed by atoms with Crippen LogP contribution in [0.25, 0.3) is 10.6 Å². The third-order valence-electron chi connectivity index (χ3n) is 2.98. The second-order valence-electron chi connectivity index (χ2n) is 4.54. The highest BCUT2D eigenvalue weighted by Crippen LogP contribution is 2.28. The van der Waals surface area contributed by atoms with Crippen LogP contribution in [0.15, 0.2) is 35.7 Å². The van der Waals surface area contributed by atoms with E-state index in [9.17, 15) is 4.79 Å². The zero-order chi connectivity index (χ0) is 15.5. The van der Waals surface area contributed by atoms with E-state index in [-0.39, 0.29) is 5.91 Å². The second kappa shape index (κ2) is 6.25. The topological polar surface area (TPSA) is 64.1 Å². The Kier molecular flexibility index (Phi) is 4.17. The summed E-state index contributed by atoms with van der Waals surface area (Å²) in [5.74, 6) is 0.622. The predicted octanol–water partition coefficient (Wildman–Crippen LogP) is 3.84. The van der Waals surface area contributed by atoms with Crippen molar-refractivity contribution < 1.29 is 9.53 Å². The summed E-state index contributed by atoms with van der Waals surface area (Å²) in [6.45, 7) is 1.97. The lowest BCUT2D eigenvalue weighted by molar-refractivity contribution is 0.102. The predicted molar refractivity (Wildman–Crippen MR) is 88.9 cm³/mol. The van der Waals surface area contributed by atoms with Crippen LogP contribution >= 0.6 is 22.7 Å². The van der Waals surface area contributed by atoms with Crippen LogP contribution in [0.5, 0.6) is 5.75 Å². The number of aromatic nitrogens is 2. The molecule has 0 bridgehead atoms. The smallest absolute Gasteiger partial charge is 0.258 e. The van der Waals surface area contributed by atoms with E-state index in [1.54, 1.807) is 18.4 Å². The van der Waals surface area contributed by atoms with E-state index >= 15 is 0 Å². The highest BCUT2D eigenvalue weighted by molar-refractivity contribution is 7.18. The zero-order valence-corrected chi connectivity index (χ0v) is 13.6. The summed E-state index contributed by atoms with van der Waals surface area (Å²) in [6, 6.07) is 9.40. The van der Waals surface area contributed by atoms with Crippen molar-refractivity contribution >= 4 is 33.7 Å². The molecule has 0 saturated heterocycles. The van der Waals surface area contributed by atoms with Crippen LogP contribution in [0.2, 0.25) is 0 Å². The number of carbonyl (C=O) groups excluding carboxylic acids is 1. The molecule has 0 fully saturated rings. The molecular weight excluding hydrogens is 318 g/mol. The molecule has 1 aromatic carbocycles. The van der Waals surface area contributed by atoms with Gasteiger partial charge >= 0.3 is 0 Å². The van der Waals surface area contributed by atoms with Crippen molar-refractivity contribution in [1.82, 2.24) is 10.2 Å². The Bertz CT molecular complexity index is 793. The summed E-state index contributed by atoms with van der Waals surface area (Å²) >= 11 is 2.88. The number of nitrogens with zero attached hydrogens (tertiary/aromatic N) is 2. The molecule has 0 atom stereocenters. The van der Waals surface area contributed by atoms with Gasteiger partial charge in [0.15, 0.2) is 0 Å². The molecule has 3 aromatic rings. The van der Waals surface area contributed by atoms with Crippen molar-refractivity contribution in [3.63, 3.8) is 0 Å². The Morgan fingerprint density at radius 3 is 2.64 bits per heavy atom. The normalized spacial score (nSPS) is 10.5. The van der Waals surface area contributed by atoms with E-state index in [1.165, 1.54) is 11.3 Å². The van der Waals surface area contributed by atoms with Crippen molar-refractivity contribution in [2.45, 2.75) is 6.92 Å². The van der Waals surface area contributed by atoms with Gasteiger partial charge in [-0.3, -0.25) is 10.1 Å². The molecule has 0 saturated carbocycles. The minimum absolute atomic E-state index is 0.165. The largest absolute Gasteiger partial charge is 0.497 e. The van der Waals surface area contributed by atoms with Crippen molar-refractivity contribution in [3.05, 3.63) is 46.2 Å². The first-order valence-electron chi connectivity index (χ1n) is 6.50. The number of hydrogen-bond donors (Lipinski definition) is 1. The minimum Gasteiger partial charge on any atom is -0.497 e. The highest BCUT2D eigenvalue weighted by atomic mass is 32.1. The number of carbonyl (C=O) groups is 1.